The van der Waals surface area contributed by atoms with Crippen LogP contribution in [0.4, 0.5) is 13.2 Å². The van der Waals surface area contributed by atoms with Gasteiger partial charge in [-0.2, -0.15) is 13.2 Å². The summed E-state index contributed by atoms with van der Waals surface area (Å²) in [5, 5.41) is 8.53. The van der Waals surface area contributed by atoms with Crippen LogP contribution in [0.5, 0.6) is 0 Å². The molecule has 0 aliphatic heterocycles. The third kappa shape index (κ3) is 2.50. The number of aliphatic hydroxyl groups excluding tert-OH is 1. The fourth-order valence-electron chi connectivity index (χ4n) is 0.796. The highest BCUT2D eigenvalue weighted by atomic mass is 35.5. The molecule has 0 bridgehead atoms. The second-order valence-corrected chi connectivity index (χ2v) is 3.27. The van der Waals surface area contributed by atoms with Gasteiger partial charge in [0.1, 0.15) is 5.15 Å². The van der Waals surface area contributed by atoms with Crippen molar-refractivity contribution >= 4 is 23.2 Å². The van der Waals surface area contributed by atoms with Gasteiger partial charge >= 0.3 is 6.18 Å². The summed E-state index contributed by atoms with van der Waals surface area (Å²) < 4.78 is 36.1. The van der Waals surface area contributed by atoms with Gasteiger partial charge in [0, 0.05) is 11.8 Å². The van der Waals surface area contributed by atoms with E-state index in [1.54, 1.807) is 0 Å². The largest absolute Gasteiger partial charge is 0.418 e. The minimum absolute atomic E-state index is 0.0341. The molecular weight excluding hydrogens is 242 g/mol. The zero-order valence-electron chi connectivity index (χ0n) is 6.52. The van der Waals surface area contributed by atoms with Crippen molar-refractivity contribution < 1.29 is 18.3 Å². The summed E-state index contributed by atoms with van der Waals surface area (Å²) in [6.07, 6.45) is -6.61. The van der Waals surface area contributed by atoms with Crippen LogP contribution in [0.2, 0.25) is 10.2 Å². The predicted octanol–water partition coefficient (Wildman–Crippen LogP) is 2.98. The van der Waals surface area contributed by atoms with E-state index in [0.29, 0.717) is 0 Å². The summed E-state index contributed by atoms with van der Waals surface area (Å²) in [5.41, 5.74) is -0.511. The van der Waals surface area contributed by atoms with Gasteiger partial charge in [-0.05, 0) is 6.07 Å². The zero-order valence-corrected chi connectivity index (χ0v) is 8.03. The van der Waals surface area contributed by atoms with Gasteiger partial charge in [-0.1, -0.05) is 23.2 Å². The lowest BCUT2D eigenvalue weighted by Crippen LogP contribution is -2.20. The molecule has 0 aliphatic rings. The van der Waals surface area contributed by atoms with Crippen molar-refractivity contribution in [2.75, 3.05) is 0 Å². The Bertz CT molecular complexity index is 342. The Morgan fingerprint density at radius 1 is 1.36 bits per heavy atom. The molecule has 14 heavy (non-hydrogen) atoms. The molecule has 1 N–H and O–H groups in total. The molecule has 2 nitrogen and oxygen atoms in total. The monoisotopic (exact) mass is 245 g/mol. The number of rotatable bonds is 1. The van der Waals surface area contributed by atoms with Crippen LogP contribution in [0.3, 0.4) is 0 Å². The summed E-state index contributed by atoms with van der Waals surface area (Å²) in [6.45, 7) is 0. The molecule has 0 saturated heterocycles. The number of pyridine rings is 1. The molecule has 0 aliphatic carbocycles. The van der Waals surface area contributed by atoms with E-state index in [4.69, 9.17) is 28.3 Å². The smallest absolute Gasteiger partial charge is 0.379 e. The first-order valence-electron chi connectivity index (χ1n) is 3.38. The molecule has 0 unspecified atom stereocenters. The maximum absolute atomic E-state index is 12.0. The Labute approximate surface area is 87.3 Å². The van der Waals surface area contributed by atoms with Crippen molar-refractivity contribution in [2.45, 2.75) is 12.3 Å². The third-order valence-electron chi connectivity index (χ3n) is 1.45. The summed E-state index contributed by atoms with van der Waals surface area (Å²) in [5.74, 6) is 0. The number of nitrogens with zero attached hydrogens (tertiary/aromatic N) is 1. The van der Waals surface area contributed by atoms with Crippen LogP contribution in [0, 0.1) is 0 Å². The summed E-state index contributed by atoms with van der Waals surface area (Å²) in [7, 11) is 0. The van der Waals surface area contributed by atoms with Crippen LogP contribution in [0.25, 0.3) is 0 Å². The van der Waals surface area contributed by atoms with Crippen LogP contribution in [-0.2, 0) is 0 Å². The van der Waals surface area contributed by atoms with Crippen LogP contribution < -0.4 is 0 Å². The Kier molecular flexibility index (Phi) is 3.24. The van der Waals surface area contributed by atoms with E-state index in [2.05, 4.69) is 4.98 Å². The van der Waals surface area contributed by atoms with Crippen molar-refractivity contribution in [1.29, 1.82) is 0 Å². The number of aliphatic hydroxyl groups is 1. The van der Waals surface area contributed by atoms with Gasteiger partial charge in [0.2, 0.25) is 0 Å². The molecule has 0 spiro atoms. The fraction of sp³-hybridized carbons (Fsp3) is 0.286. The quantitative estimate of drug-likeness (QED) is 0.772. The molecule has 7 heteroatoms. The molecule has 0 aromatic carbocycles. The summed E-state index contributed by atoms with van der Waals surface area (Å²) in [6, 6.07) is 1.04. The average Bonchev–Trinajstić information content (AvgIpc) is 2.01. The fourth-order valence-corrected chi connectivity index (χ4v) is 1.26. The molecule has 78 valence electrons. The first-order chi connectivity index (χ1) is 6.32. The van der Waals surface area contributed by atoms with Crippen LogP contribution >= 0.6 is 23.2 Å². The standard InChI is InChI=1S/C7H4Cl2F3NO/c8-4-1-5(9)13-2-3(4)6(14)7(10,11)12/h1-2,6,14H/t6-/m0/s1. The number of aromatic nitrogens is 1. The van der Waals surface area contributed by atoms with Gasteiger partial charge in [0.25, 0.3) is 0 Å². The van der Waals surface area contributed by atoms with E-state index in [-0.39, 0.29) is 10.2 Å². The molecule has 0 radical (unpaired) electrons. The SMILES string of the molecule is O[C@@H](c1cnc(Cl)cc1Cl)C(F)(F)F. The molecular formula is C7H4Cl2F3NO. The van der Waals surface area contributed by atoms with E-state index in [1.165, 1.54) is 0 Å². The second-order valence-electron chi connectivity index (χ2n) is 2.47. The van der Waals surface area contributed by atoms with Gasteiger partial charge in [-0.15, -0.1) is 0 Å². The maximum atomic E-state index is 12.0. The van der Waals surface area contributed by atoms with Gasteiger partial charge in [0.05, 0.1) is 5.02 Å². The molecule has 1 aromatic rings. The van der Waals surface area contributed by atoms with E-state index in [0.717, 1.165) is 12.3 Å². The highest BCUT2D eigenvalue weighted by molar-refractivity contribution is 6.34. The highest BCUT2D eigenvalue weighted by Gasteiger charge is 2.40. The van der Waals surface area contributed by atoms with Crippen LogP contribution in [-0.4, -0.2) is 16.3 Å². The topological polar surface area (TPSA) is 33.1 Å². The Hall–Kier alpha value is -0.520. The van der Waals surface area contributed by atoms with Gasteiger partial charge in [-0.25, -0.2) is 4.98 Å². The lowest BCUT2D eigenvalue weighted by molar-refractivity contribution is -0.206. The van der Waals surface area contributed by atoms with Crippen molar-refractivity contribution in [1.82, 2.24) is 4.98 Å². The van der Waals surface area contributed by atoms with E-state index in [1.807, 2.05) is 0 Å². The Morgan fingerprint density at radius 2 is 1.93 bits per heavy atom. The van der Waals surface area contributed by atoms with Crippen LogP contribution in [0.15, 0.2) is 12.3 Å². The van der Waals surface area contributed by atoms with Gasteiger partial charge in [-0.3, -0.25) is 0 Å². The molecule has 1 rings (SSSR count). The first-order valence-corrected chi connectivity index (χ1v) is 4.13. The summed E-state index contributed by atoms with van der Waals surface area (Å²) in [4.78, 5) is 3.40. The predicted molar refractivity (Wildman–Crippen MR) is 45.3 cm³/mol. The van der Waals surface area contributed by atoms with Crippen molar-refractivity contribution in [2.24, 2.45) is 0 Å². The van der Waals surface area contributed by atoms with Crippen LogP contribution in [0.1, 0.15) is 11.7 Å². The van der Waals surface area contributed by atoms with E-state index >= 15 is 0 Å². The summed E-state index contributed by atoms with van der Waals surface area (Å²) >= 11 is 10.8. The minimum Gasteiger partial charge on any atom is -0.379 e. The third-order valence-corrected chi connectivity index (χ3v) is 1.99. The van der Waals surface area contributed by atoms with Crippen molar-refractivity contribution in [3.63, 3.8) is 0 Å². The lowest BCUT2D eigenvalue weighted by atomic mass is 10.1. The van der Waals surface area contributed by atoms with E-state index < -0.39 is 17.8 Å². The Balaban J connectivity index is 3.08. The van der Waals surface area contributed by atoms with Crippen molar-refractivity contribution in [3.05, 3.63) is 28.0 Å². The number of hydrogen-bond acceptors (Lipinski definition) is 2. The van der Waals surface area contributed by atoms with E-state index in [9.17, 15) is 13.2 Å². The molecule has 1 aromatic heterocycles. The van der Waals surface area contributed by atoms with Gasteiger partial charge < -0.3 is 5.11 Å². The van der Waals surface area contributed by atoms with Gasteiger partial charge in [0.15, 0.2) is 6.10 Å². The number of halogens is 5. The molecule has 0 saturated carbocycles. The minimum atomic E-state index is -4.76. The molecule has 1 atom stereocenters. The zero-order chi connectivity index (χ0) is 10.9. The average molecular weight is 246 g/mol. The second kappa shape index (κ2) is 3.92. The van der Waals surface area contributed by atoms with Crippen molar-refractivity contribution in [3.8, 4) is 0 Å². The first kappa shape index (κ1) is 11.6. The Morgan fingerprint density at radius 3 is 2.36 bits per heavy atom. The normalized spacial score (nSPS) is 14.1. The molecule has 0 amide bonds. The maximum Gasteiger partial charge on any atom is 0.418 e. The molecule has 1 heterocycles. The lowest BCUT2D eigenvalue weighted by Gasteiger charge is -2.15. The number of hydrogen-bond donors (Lipinski definition) is 1. The number of alkyl halides is 3. The molecule has 0 fully saturated rings. The highest BCUT2D eigenvalue weighted by Crippen LogP contribution is 2.35.